The van der Waals surface area contributed by atoms with Gasteiger partial charge in [0, 0.05) is 30.4 Å². The van der Waals surface area contributed by atoms with Gasteiger partial charge >= 0.3 is 0 Å². The molecule has 0 amide bonds. The quantitative estimate of drug-likeness (QED) is 0.710. The van der Waals surface area contributed by atoms with E-state index in [-0.39, 0.29) is 17.6 Å². The van der Waals surface area contributed by atoms with Crippen LogP contribution in [0.4, 0.5) is 10.1 Å². The van der Waals surface area contributed by atoms with Crippen LogP contribution in [-0.2, 0) is 14.8 Å². The first-order valence-electron chi connectivity index (χ1n) is 6.53. The van der Waals surface area contributed by atoms with Gasteiger partial charge in [0.05, 0.1) is 0 Å². The SMILES string of the molecule is COCCC1(CNS(=O)(=O)c2cc(N)c(Br)cc2F)CC1. The lowest BCUT2D eigenvalue weighted by molar-refractivity contribution is 0.173. The Labute approximate surface area is 132 Å². The average molecular weight is 381 g/mol. The van der Waals surface area contributed by atoms with Crippen molar-refractivity contribution in [1.29, 1.82) is 0 Å². The summed E-state index contributed by atoms with van der Waals surface area (Å²) in [6, 6.07) is 2.18. The predicted molar refractivity (Wildman–Crippen MR) is 81.9 cm³/mol. The molecule has 8 heteroatoms. The molecule has 0 atom stereocenters. The second-order valence-corrected chi connectivity index (χ2v) is 7.96. The highest BCUT2D eigenvalue weighted by atomic mass is 79.9. The van der Waals surface area contributed by atoms with E-state index in [4.69, 9.17) is 10.5 Å². The first-order valence-corrected chi connectivity index (χ1v) is 8.80. The molecular weight excluding hydrogens is 363 g/mol. The molecule has 1 aromatic carbocycles. The smallest absolute Gasteiger partial charge is 0.243 e. The van der Waals surface area contributed by atoms with Crippen LogP contribution in [0.15, 0.2) is 21.5 Å². The van der Waals surface area contributed by atoms with Crippen molar-refractivity contribution in [1.82, 2.24) is 4.72 Å². The molecular formula is C13H18BrFN2O3S. The summed E-state index contributed by atoms with van der Waals surface area (Å²) in [5, 5.41) is 0. The Balaban J connectivity index is 2.11. The highest BCUT2D eigenvalue weighted by Crippen LogP contribution is 2.48. The Morgan fingerprint density at radius 3 is 2.71 bits per heavy atom. The van der Waals surface area contributed by atoms with Crippen molar-refractivity contribution < 1.29 is 17.5 Å². The van der Waals surface area contributed by atoms with Gasteiger partial charge in [-0.2, -0.15) is 0 Å². The average Bonchev–Trinajstić information content (AvgIpc) is 3.19. The van der Waals surface area contributed by atoms with Crippen LogP contribution in [0.2, 0.25) is 0 Å². The lowest BCUT2D eigenvalue weighted by Gasteiger charge is -2.16. The summed E-state index contributed by atoms with van der Waals surface area (Å²) in [5.41, 5.74) is 5.75. The Kier molecular flexibility index (Phi) is 4.92. The normalized spacial score (nSPS) is 16.9. The van der Waals surface area contributed by atoms with Gasteiger partial charge < -0.3 is 10.5 Å². The lowest BCUT2D eigenvalue weighted by atomic mass is 10.0. The molecule has 0 aromatic heterocycles. The van der Waals surface area contributed by atoms with Gasteiger partial charge in [0.2, 0.25) is 10.0 Å². The van der Waals surface area contributed by atoms with Crippen molar-refractivity contribution in [3.05, 3.63) is 22.4 Å². The maximum absolute atomic E-state index is 13.8. The third-order valence-electron chi connectivity index (χ3n) is 3.77. The van der Waals surface area contributed by atoms with Crippen molar-refractivity contribution in [3.63, 3.8) is 0 Å². The van der Waals surface area contributed by atoms with Crippen LogP contribution in [0.25, 0.3) is 0 Å². The zero-order chi connectivity index (χ0) is 15.7. The number of nitrogens with two attached hydrogens (primary N) is 1. The molecule has 1 aliphatic rings. The van der Waals surface area contributed by atoms with E-state index in [1.54, 1.807) is 7.11 Å². The fourth-order valence-electron chi connectivity index (χ4n) is 2.09. The Morgan fingerprint density at radius 1 is 1.48 bits per heavy atom. The number of methoxy groups -OCH3 is 1. The molecule has 1 aliphatic carbocycles. The summed E-state index contributed by atoms with van der Waals surface area (Å²) in [6.07, 6.45) is 2.69. The van der Waals surface area contributed by atoms with Crippen molar-refractivity contribution >= 4 is 31.6 Å². The van der Waals surface area contributed by atoms with Crippen molar-refractivity contribution in [3.8, 4) is 0 Å². The standard InChI is InChI=1S/C13H18BrFN2O3S/c1-20-5-4-13(2-3-13)8-17-21(18,19)12-7-11(16)9(14)6-10(12)15/h6-7,17H,2-5,8,16H2,1H3. The van der Waals surface area contributed by atoms with Gasteiger partial charge in [0.15, 0.2) is 0 Å². The molecule has 0 heterocycles. The minimum absolute atomic E-state index is 0.0551. The molecule has 1 aromatic rings. The number of ether oxygens (including phenoxy) is 1. The van der Waals surface area contributed by atoms with E-state index < -0.39 is 20.7 Å². The highest BCUT2D eigenvalue weighted by Gasteiger charge is 2.42. The summed E-state index contributed by atoms with van der Waals surface area (Å²) in [6.45, 7) is 0.870. The van der Waals surface area contributed by atoms with Crippen molar-refractivity contribution in [2.75, 3.05) is 26.0 Å². The molecule has 21 heavy (non-hydrogen) atoms. The third-order valence-corrected chi connectivity index (χ3v) is 5.87. The van der Waals surface area contributed by atoms with E-state index in [0.29, 0.717) is 11.1 Å². The van der Waals surface area contributed by atoms with Crippen LogP contribution in [0.3, 0.4) is 0 Å². The number of halogens is 2. The molecule has 1 saturated carbocycles. The number of nitrogens with one attached hydrogen (secondary N) is 1. The van der Waals surface area contributed by atoms with E-state index in [1.807, 2.05) is 0 Å². The van der Waals surface area contributed by atoms with Crippen LogP contribution in [0.5, 0.6) is 0 Å². The minimum Gasteiger partial charge on any atom is -0.398 e. The third kappa shape index (κ3) is 3.94. The lowest BCUT2D eigenvalue weighted by Crippen LogP contribution is -2.31. The number of hydrogen-bond acceptors (Lipinski definition) is 4. The largest absolute Gasteiger partial charge is 0.398 e. The number of nitrogen functional groups attached to an aromatic ring is 1. The van der Waals surface area contributed by atoms with Gasteiger partial charge in [0.25, 0.3) is 0 Å². The molecule has 3 N–H and O–H groups in total. The van der Waals surface area contributed by atoms with E-state index >= 15 is 0 Å². The maximum Gasteiger partial charge on any atom is 0.243 e. The minimum atomic E-state index is -3.92. The molecule has 1 fully saturated rings. The van der Waals surface area contributed by atoms with Gasteiger partial charge in [-0.15, -0.1) is 0 Å². The molecule has 0 spiro atoms. The van der Waals surface area contributed by atoms with Gasteiger partial charge in [-0.25, -0.2) is 17.5 Å². The fraction of sp³-hybridized carbons (Fsp3) is 0.538. The predicted octanol–water partition coefficient (Wildman–Crippen LogP) is 2.27. The topological polar surface area (TPSA) is 81.4 Å². The Morgan fingerprint density at radius 2 is 2.14 bits per heavy atom. The zero-order valence-electron chi connectivity index (χ0n) is 11.7. The van der Waals surface area contributed by atoms with Crippen molar-refractivity contribution in [2.45, 2.75) is 24.2 Å². The summed E-state index contributed by atoms with van der Waals surface area (Å²) in [4.78, 5) is -0.425. The summed E-state index contributed by atoms with van der Waals surface area (Å²) in [7, 11) is -2.30. The number of anilines is 1. The molecule has 0 saturated heterocycles. The number of rotatable bonds is 7. The van der Waals surface area contributed by atoms with Gasteiger partial charge in [-0.1, -0.05) is 0 Å². The molecule has 0 unspecified atom stereocenters. The Hall–Kier alpha value is -0.700. The van der Waals surface area contributed by atoms with Crippen LogP contribution < -0.4 is 10.5 Å². The monoisotopic (exact) mass is 380 g/mol. The molecule has 0 radical (unpaired) electrons. The summed E-state index contributed by atoms with van der Waals surface area (Å²) < 4.78 is 46.1. The van der Waals surface area contributed by atoms with Crippen molar-refractivity contribution in [2.24, 2.45) is 5.41 Å². The van der Waals surface area contributed by atoms with E-state index in [9.17, 15) is 12.8 Å². The summed E-state index contributed by atoms with van der Waals surface area (Å²) in [5.74, 6) is -0.828. The van der Waals surface area contributed by atoms with Gasteiger partial charge in [-0.05, 0) is 52.7 Å². The molecule has 5 nitrogen and oxygen atoms in total. The Bertz CT molecular complexity index is 633. The second-order valence-electron chi connectivity index (χ2n) is 5.37. The van der Waals surface area contributed by atoms with E-state index in [2.05, 4.69) is 20.7 Å². The van der Waals surface area contributed by atoms with E-state index in [1.165, 1.54) is 0 Å². The number of sulfonamides is 1. The number of hydrogen-bond donors (Lipinski definition) is 2. The summed E-state index contributed by atoms with van der Waals surface area (Å²) >= 11 is 3.06. The first-order chi connectivity index (χ1) is 9.80. The molecule has 0 aliphatic heterocycles. The second kappa shape index (κ2) is 6.20. The van der Waals surface area contributed by atoms with E-state index in [0.717, 1.165) is 31.4 Å². The maximum atomic E-state index is 13.8. The molecule has 0 bridgehead atoms. The van der Waals surface area contributed by atoms with Gasteiger partial charge in [0.1, 0.15) is 10.7 Å². The van der Waals surface area contributed by atoms with Gasteiger partial charge in [-0.3, -0.25) is 0 Å². The molecule has 118 valence electrons. The van der Waals surface area contributed by atoms with Crippen LogP contribution in [0, 0.1) is 11.2 Å². The van der Waals surface area contributed by atoms with Crippen LogP contribution in [0.1, 0.15) is 19.3 Å². The first kappa shape index (κ1) is 16.7. The fourth-order valence-corrected chi connectivity index (χ4v) is 3.65. The van der Waals surface area contributed by atoms with Crippen LogP contribution in [-0.4, -0.2) is 28.7 Å². The molecule has 2 rings (SSSR count). The number of benzene rings is 1. The van der Waals surface area contributed by atoms with Crippen LogP contribution >= 0.6 is 15.9 Å². The zero-order valence-corrected chi connectivity index (χ0v) is 14.1. The highest BCUT2D eigenvalue weighted by molar-refractivity contribution is 9.10.